The van der Waals surface area contributed by atoms with Crippen LogP contribution in [-0.4, -0.2) is 35.1 Å². The van der Waals surface area contributed by atoms with Crippen LogP contribution in [0.1, 0.15) is 64.2 Å². The number of nitrogens with one attached hydrogen (secondary N) is 1. The minimum absolute atomic E-state index is 0.240. The summed E-state index contributed by atoms with van der Waals surface area (Å²) in [4.78, 5) is 50.2. The second-order valence-electron chi connectivity index (χ2n) is 6.69. The molecular formula is C22H22N2O5. The number of carbonyl (C=O) groups excluding carboxylic acids is 4. The van der Waals surface area contributed by atoms with E-state index in [-0.39, 0.29) is 35.3 Å². The fraction of sp³-hybridized carbons (Fsp3) is 0.273. The van der Waals surface area contributed by atoms with Crippen LogP contribution in [0.5, 0.6) is 5.75 Å². The molecule has 0 atom stereocenters. The van der Waals surface area contributed by atoms with Gasteiger partial charge in [-0.25, -0.2) is 0 Å². The third-order valence-corrected chi connectivity index (χ3v) is 4.58. The molecule has 0 unspecified atom stereocenters. The van der Waals surface area contributed by atoms with Crippen molar-refractivity contribution in [3.8, 4) is 5.75 Å². The summed E-state index contributed by atoms with van der Waals surface area (Å²) in [6.45, 7) is 4.05. The number of anilines is 1. The molecule has 1 heterocycles. The van der Waals surface area contributed by atoms with Crippen molar-refractivity contribution in [1.82, 2.24) is 4.90 Å². The van der Waals surface area contributed by atoms with E-state index in [0.29, 0.717) is 23.5 Å². The number of benzene rings is 2. The van der Waals surface area contributed by atoms with E-state index in [2.05, 4.69) is 5.32 Å². The number of unbranched alkanes of at least 4 members (excludes halogenated alkanes) is 1. The molecule has 2 aromatic rings. The molecular weight excluding hydrogens is 372 g/mol. The number of carbonyl (C=O) groups is 4. The molecule has 0 bridgehead atoms. The lowest BCUT2D eigenvalue weighted by Gasteiger charge is -2.12. The average molecular weight is 394 g/mol. The van der Waals surface area contributed by atoms with Crippen LogP contribution in [0.15, 0.2) is 42.5 Å². The molecule has 2 aromatic carbocycles. The predicted octanol–water partition coefficient (Wildman–Crippen LogP) is 3.65. The second kappa shape index (κ2) is 8.68. The van der Waals surface area contributed by atoms with Crippen LogP contribution in [-0.2, 0) is 4.79 Å². The zero-order valence-corrected chi connectivity index (χ0v) is 16.4. The first-order valence-corrected chi connectivity index (χ1v) is 9.57. The summed E-state index contributed by atoms with van der Waals surface area (Å²) in [7, 11) is 0. The maximum absolute atomic E-state index is 12.6. The molecule has 3 amide bonds. The Kier molecular flexibility index (Phi) is 6.07. The Morgan fingerprint density at radius 2 is 1.76 bits per heavy atom. The van der Waals surface area contributed by atoms with Crippen LogP contribution in [0.3, 0.4) is 0 Å². The monoisotopic (exact) mass is 394 g/mol. The zero-order valence-electron chi connectivity index (χ0n) is 16.4. The number of esters is 1. The van der Waals surface area contributed by atoms with Crippen molar-refractivity contribution in [3.63, 3.8) is 0 Å². The first-order valence-electron chi connectivity index (χ1n) is 9.57. The van der Waals surface area contributed by atoms with Crippen LogP contribution in [0.4, 0.5) is 5.69 Å². The molecule has 0 spiro atoms. The van der Waals surface area contributed by atoms with E-state index in [0.717, 1.165) is 12.8 Å². The molecule has 0 radical (unpaired) electrons. The summed E-state index contributed by atoms with van der Waals surface area (Å²) in [5.74, 6) is -1.17. The van der Waals surface area contributed by atoms with E-state index >= 15 is 0 Å². The van der Waals surface area contributed by atoms with Gasteiger partial charge in [-0.1, -0.05) is 26.3 Å². The average Bonchev–Trinajstić information content (AvgIpc) is 2.96. The highest BCUT2D eigenvalue weighted by Crippen LogP contribution is 2.25. The quantitative estimate of drug-likeness (QED) is 0.440. The Hall–Kier alpha value is -3.48. The van der Waals surface area contributed by atoms with Crippen LogP contribution in [0.25, 0.3) is 0 Å². The van der Waals surface area contributed by atoms with Gasteiger partial charge in [0.1, 0.15) is 5.75 Å². The topological polar surface area (TPSA) is 92.8 Å². The summed E-state index contributed by atoms with van der Waals surface area (Å²) in [5.41, 5.74) is 1.27. The third kappa shape index (κ3) is 4.34. The van der Waals surface area contributed by atoms with Crippen LogP contribution >= 0.6 is 0 Å². The van der Waals surface area contributed by atoms with E-state index in [1.54, 1.807) is 31.2 Å². The molecule has 0 fully saturated rings. The van der Waals surface area contributed by atoms with Gasteiger partial charge in [0.2, 0.25) is 0 Å². The van der Waals surface area contributed by atoms with Crippen molar-refractivity contribution < 1.29 is 23.9 Å². The van der Waals surface area contributed by atoms with E-state index < -0.39 is 5.91 Å². The summed E-state index contributed by atoms with van der Waals surface area (Å²) in [6.07, 6.45) is 1.85. The van der Waals surface area contributed by atoms with Gasteiger partial charge in [-0.05, 0) is 36.8 Å². The van der Waals surface area contributed by atoms with E-state index in [1.165, 1.54) is 23.1 Å². The zero-order chi connectivity index (χ0) is 21.0. The Morgan fingerprint density at radius 1 is 1.00 bits per heavy atom. The maximum Gasteiger partial charge on any atom is 0.310 e. The predicted molar refractivity (Wildman–Crippen MR) is 107 cm³/mol. The third-order valence-electron chi connectivity index (χ3n) is 4.58. The van der Waals surface area contributed by atoms with Gasteiger partial charge in [-0.3, -0.25) is 24.1 Å². The number of ether oxygens (including phenoxy) is 1. The van der Waals surface area contributed by atoms with Gasteiger partial charge in [0, 0.05) is 30.3 Å². The highest BCUT2D eigenvalue weighted by molar-refractivity contribution is 6.22. The Morgan fingerprint density at radius 3 is 2.48 bits per heavy atom. The maximum atomic E-state index is 12.6. The van der Waals surface area contributed by atoms with Gasteiger partial charge in [0.05, 0.1) is 11.1 Å². The number of rotatable bonds is 7. The number of fused-ring (bicyclic) bond motifs is 1. The molecule has 29 heavy (non-hydrogen) atoms. The molecule has 0 saturated heterocycles. The lowest BCUT2D eigenvalue weighted by atomic mass is 10.1. The van der Waals surface area contributed by atoms with Gasteiger partial charge in [0.15, 0.2) is 0 Å². The van der Waals surface area contributed by atoms with Crippen molar-refractivity contribution in [3.05, 3.63) is 59.2 Å². The van der Waals surface area contributed by atoms with Gasteiger partial charge >= 0.3 is 5.97 Å². The molecule has 1 N–H and O–H groups in total. The minimum Gasteiger partial charge on any atom is -0.426 e. The van der Waals surface area contributed by atoms with E-state index in [1.807, 2.05) is 6.92 Å². The molecule has 1 aliphatic heterocycles. The number of hydrogen-bond donors (Lipinski definition) is 1. The summed E-state index contributed by atoms with van der Waals surface area (Å²) in [5, 5.41) is 2.71. The number of nitrogens with zero attached hydrogens (tertiary/aromatic N) is 1. The smallest absolute Gasteiger partial charge is 0.310 e. The van der Waals surface area contributed by atoms with Gasteiger partial charge in [0.25, 0.3) is 17.7 Å². The lowest BCUT2D eigenvalue weighted by molar-refractivity contribution is -0.134. The summed E-state index contributed by atoms with van der Waals surface area (Å²) >= 11 is 0. The lowest BCUT2D eigenvalue weighted by Crippen LogP contribution is -2.30. The molecule has 1 aliphatic rings. The van der Waals surface area contributed by atoms with Crippen molar-refractivity contribution in [2.45, 2.75) is 33.1 Å². The summed E-state index contributed by atoms with van der Waals surface area (Å²) < 4.78 is 5.14. The molecule has 0 aromatic heterocycles. The first-order chi connectivity index (χ1) is 13.9. The van der Waals surface area contributed by atoms with E-state index in [9.17, 15) is 19.2 Å². The van der Waals surface area contributed by atoms with Crippen LogP contribution in [0.2, 0.25) is 0 Å². The van der Waals surface area contributed by atoms with Gasteiger partial charge in [-0.2, -0.15) is 0 Å². The highest BCUT2D eigenvalue weighted by atomic mass is 16.5. The van der Waals surface area contributed by atoms with Crippen molar-refractivity contribution >= 4 is 29.4 Å². The number of amides is 3. The molecule has 150 valence electrons. The normalized spacial score (nSPS) is 12.7. The minimum atomic E-state index is -0.431. The SMILES string of the molecule is CCCCN1C(=O)c2ccc(C(=O)Nc3cccc(OC(=O)CC)c3)cc2C1=O. The standard InChI is InChI=1S/C22H22N2O5/c1-3-5-11-24-21(27)17-10-9-14(12-18(17)22(24)28)20(26)23-15-7-6-8-16(13-15)29-19(25)4-2/h6-10,12-13H,3-5,11H2,1-2H3,(H,23,26). The Bertz CT molecular complexity index is 983. The van der Waals surface area contributed by atoms with Gasteiger partial charge < -0.3 is 10.1 Å². The fourth-order valence-electron chi connectivity index (χ4n) is 3.00. The number of hydrogen-bond acceptors (Lipinski definition) is 5. The molecule has 7 heteroatoms. The molecule has 0 saturated carbocycles. The Balaban J connectivity index is 1.76. The fourth-order valence-corrected chi connectivity index (χ4v) is 3.00. The van der Waals surface area contributed by atoms with Crippen molar-refractivity contribution in [2.75, 3.05) is 11.9 Å². The molecule has 7 nitrogen and oxygen atoms in total. The van der Waals surface area contributed by atoms with Crippen LogP contribution in [0, 0.1) is 0 Å². The highest BCUT2D eigenvalue weighted by Gasteiger charge is 2.35. The largest absolute Gasteiger partial charge is 0.426 e. The van der Waals surface area contributed by atoms with Crippen molar-refractivity contribution in [2.24, 2.45) is 0 Å². The molecule has 3 rings (SSSR count). The van der Waals surface area contributed by atoms with Gasteiger partial charge in [-0.15, -0.1) is 0 Å². The van der Waals surface area contributed by atoms with E-state index in [4.69, 9.17) is 4.74 Å². The first kappa shape index (κ1) is 20.3. The second-order valence-corrected chi connectivity index (χ2v) is 6.69. The number of imide groups is 1. The van der Waals surface area contributed by atoms with Crippen LogP contribution < -0.4 is 10.1 Å². The Labute approximate surface area is 168 Å². The summed E-state index contributed by atoms with van der Waals surface area (Å²) in [6, 6.07) is 10.9. The molecule has 0 aliphatic carbocycles. The van der Waals surface area contributed by atoms with Crippen molar-refractivity contribution in [1.29, 1.82) is 0 Å².